The highest BCUT2D eigenvalue weighted by Crippen LogP contribution is 2.26. The van der Waals surface area contributed by atoms with E-state index in [0.29, 0.717) is 0 Å². The third-order valence-corrected chi connectivity index (χ3v) is 5.94. The van der Waals surface area contributed by atoms with Crippen LogP contribution >= 0.6 is 11.8 Å². The molecule has 0 aliphatic carbocycles. The number of rotatable bonds is 9. The van der Waals surface area contributed by atoms with Crippen molar-refractivity contribution in [2.45, 2.75) is 31.0 Å². The Labute approximate surface area is 187 Å². The van der Waals surface area contributed by atoms with Crippen molar-refractivity contribution in [2.75, 3.05) is 20.0 Å². The average molecular weight is 441 g/mol. The molecule has 0 saturated carbocycles. The van der Waals surface area contributed by atoms with E-state index in [-0.39, 0.29) is 23.6 Å². The van der Waals surface area contributed by atoms with E-state index in [4.69, 9.17) is 9.47 Å². The minimum absolute atomic E-state index is 0.0873. The van der Waals surface area contributed by atoms with Crippen LogP contribution in [0, 0.1) is 0 Å². The summed E-state index contributed by atoms with van der Waals surface area (Å²) < 4.78 is 12.5. The highest BCUT2D eigenvalue weighted by Gasteiger charge is 2.19. The molecule has 7 nitrogen and oxygen atoms in total. The molecule has 2 aromatic carbocycles. The van der Waals surface area contributed by atoms with Gasteiger partial charge in [0, 0.05) is 13.0 Å². The van der Waals surface area contributed by atoms with Crippen LogP contribution in [0.4, 0.5) is 0 Å². The molecule has 31 heavy (non-hydrogen) atoms. The van der Waals surface area contributed by atoms with Gasteiger partial charge in [-0.2, -0.15) is 0 Å². The summed E-state index contributed by atoms with van der Waals surface area (Å²) in [5, 5.41) is 12.3. The first-order chi connectivity index (χ1) is 14.9. The van der Waals surface area contributed by atoms with Crippen LogP contribution < -0.4 is 14.8 Å². The Kier molecular flexibility index (Phi) is 7.57. The number of benzene rings is 2. The second kappa shape index (κ2) is 10.3. The van der Waals surface area contributed by atoms with Crippen molar-refractivity contribution in [1.82, 2.24) is 20.1 Å². The molecule has 0 aliphatic rings. The van der Waals surface area contributed by atoms with Gasteiger partial charge in [0.25, 0.3) is 0 Å². The smallest absolute Gasteiger partial charge is 0.231 e. The summed E-state index contributed by atoms with van der Waals surface area (Å²) in [6.45, 7) is 4.14. The number of aromatic nitrogens is 3. The highest BCUT2D eigenvalue weighted by molar-refractivity contribution is 7.99. The van der Waals surface area contributed by atoms with Gasteiger partial charge >= 0.3 is 0 Å². The molecule has 0 unspecified atom stereocenters. The number of ether oxygens (including phenoxy) is 2. The van der Waals surface area contributed by atoms with Gasteiger partial charge in [0.1, 0.15) is 17.3 Å². The summed E-state index contributed by atoms with van der Waals surface area (Å²) in [5.74, 6) is 2.86. The molecule has 0 bridgehead atoms. The maximum atomic E-state index is 12.8. The number of amides is 1. The quantitative estimate of drug-likeness (QED) is 0.508. The average Bonchev–Trinajstić information content (AvgIpc) is 3.17. The lowest BCUT2D eigenvalue weighted by Gasteiger charge is -2.20. The number of nitrogens with zero attached hydrogens (tertiary/aromatic N) is 3. The fourth-order valence-corrected chi connectivity index (χ4v) is 3.97. The summed E-state index contributed by atoms with van der Waals surface area (Å²) >= 11 is 1.38. The largest absolute Gasteiger partial charge is 0.497 e. The van der Waals surface area contributed by atoms with Crippen LogP contribution in [0.5, 0.6) is 11.5 Å². The third kappa shape index (κ3) is 5.58. The third-order valence-electron chi connectivity index (χ3n) is 4.92. The fraction of sp³-hybridized carbons (Fsp3) is 0.348. The van der Waals surface area contributed by atoms with Gasteiger partial charge in [0.05, 0.1) is 26.0 Å². The number of hydrogen-bond acceptors (Lipinski definition) is 6. The molecule has 3 rings (SSSR count). The van der Waals surface area contributed by atoms with Gasteiger partial charge in [0.15, 0.2) is 5.16 Å². The fourth-order valence-electron chi connectivity index (χ4n) is 3.24. The first-order valence-electron chi connectivity index (χ1n) is 10.0. The zero-order valence-corrected chi connectivity index (χ0v) is 19.3. The molecule has 0 aliphatic heterocycles. The van der Waals surface area contributed by atoms with Crippen molar-refractivity contribution in [3.63, 3.8) is 0 Å². The summed E-state index contributed by atoms with van der Waals surface area (Å²) in [7, 11) is 5.19. The predicted molar refractivity (Wildman–Crippen MR) is 122 cm³/mol. The lowest BCUT2D eigenvalue weighted by Crippen LogP contribution is -2.30. The van der Waals surface area contributed by atoms with Crippen LogP contribution in [0.3, 0.4) is 0 Å². The lowest BCUT2D eigenvalue weighted by atomic mass is 9.98. The van der Waals surface area contributed by atoms with E-state index in [1.165, 1.54) is 11.8 Å². The molecule has 0 saturated heterocycles. The van der Waals surface area contributed by atoms with E-state index < -0.39 is 0 Å². The lowest BCUT2D eigenvalue weighted by molar-refractivity contribution is -0.119. The van der Waals surface area contributed by atoms with E-state index in [0.717, 1.165) is 33.6 Å². The SMILES string of the molecule is COc1ccc(C(NC(=O)CSc2nnc(C(C)C)n2C)c2ccc(OC)cc2)cc1. The molecular formula is C23H28N4O3S. The summed E-state index contributed by atoms with van der Waals surface area (Å²) in [6.07, 6.45) is 0. The van der Waals surface area contributed by atoms with Crippen molar-refractivity contribution < 1.29 is 14.3 Å². The Hall–Kier alpha value is -3.00. The number of methoxy groups -OCH3 is 2. The van der Waals surface area contributed by atoms with Crippen LogP contribution in [0.1, 0.15) is 42.8 Å². The molecule has 0 fully saturated rings. The van der Waals surface area contributed by atoms with Gasteiger partial charge < -0.3 is 19.4 Å². The Balaban J connectivity index is 1.76. The van der Waals surface area contributed by atoms with Crippen LogP contribution in [0.2, 0.25) is 0 Å². The van der Waals surface area contributed by atoms with Crippen LogP contribution in [0.25, 0.3) is 0 Å². The molecule has 164 valence electrons. The van der Waals surface area contributed by atoms with Gasteiger partial charge in [-0.3, -0.25) is 4.79 Å². The summed E-state index contributed by atoms with van der Waals surface area (Å²) in [4.78, 5) is 12.8. The zero-order valence-electron chi connectivity index (χ0n) is 18.5. The number of thioether (sulfide) groups is 1. The van der Waals surface area contributed by atoms with Gasteiger partial charge in [-0.15, -0.1) is 10.2 Å². The summed E-state index contributed by atoms with van der Waals surface area (Å²) in [5.41, 5.74) is 1.93. The number of carbonyl (C=O) groups is 1. The van der Waals surface area contributed by atoms with E-state index in [1.54, 1.807) is 14.2 Å². The van der Waals surface area contributed by atoms with Gasteiger partial charge in [-0.25, -0.2) is 0 Å². The molecule has 1 N–H and O–H groups in total. The Bertz CT molecular complexity index is 953. The molecular weight excluding hydrogens is 412 g/mol. The van der Waals surface area contributed by atoms with Crippen LogP contribution in [-0.2, 0) is 11.8 Å². The van der Waals surface area contributed by atoms with E-state index in [1.807, 2.05) is 60.1 Å². The van der Waals surface area contributed by atoms with Crippen LogP contribution in [0.15, 0.2) is 53.7 Å². The Morgan fingerprint density at radius 1 is 0.968 bits per heavy atom. The molecule has 1 amide bonds. The van der Waals surface area contributed by atoms with Crippen molar-refractivity contribution >= 4 is 17.7 Å². The normalized spacial score (nSPS) is 11.1. The second-order valence-electron chi connectivity index (χ2n) is 7.39. The zero-order chi connectivity index (χ0) is 22.4. The predicted octanol–water partition coefficient (Wildman–Crippen LogP) is 3.95. The maximum Gasteiger partial charge on any atom is 0.231 e. The van der Waals surface area contributed by atoms with Crippen LogP contribution in [-0.4, -0.2) is 40.6 Å². The molecule has 1 aromatic heterocycles. The van der Waals surface area contributed by atoms with Crippen molar-refractivity contribution in [3.8, 4) is 11.5 Å². The van der Waals surface area contributed by atoms with Crippen molar-refractivity contribution in [2.24, 2.45) is 7.05 Å². The minimum atomic E-state index is -0.296. The van der Waals surface area contributed by atoms with Gasteiger partial charge in [-0.05, 0) is 35.4 Å². The minimum Gasteiger partial charge on any atom is -0.497 e. The molecule has 3 aromatic rings. The Morgan fingerprint density at radius 2 is 1.48 bits per heavy atom. The molecule has 0 radical (unpaired) electrons. The summed E-state index contributed by atoms with van der Waals surface area (Å²) in [6, 6.07) is 15.1. The highest BCUT2D eigenvalue weighted by atomic mass is 32.2. The standard InChI is InChI=1S/C23H28N4O3S/c1-15(2)22-25-26-23(27(22)3)31-14-20(28)24-21(16-6-10-18(29-4)11-7-16)17-8-12-19(30-5)13-9-17/h6-13,15,21H,14H2,1-5H3,(H,24,28). The number of hydrogen-bond donors (Lipinski definition) is 1. The van der Waals surface area contributed by atoms with Gasteiger partial charge in [0.2, 0.25) is 5.91 Å². The number of nitrogens with one attached hydrogen (secondary N) is 1. The Morgan fingerprint density at radius 3 is 1.90 bits per heavy atom. The maximum absolute atomic E-state index is 12.8. The first-order valence-corrected chi connectivity index (χ1v) is 11.0. The van der Waals surface area contributed by atoms with Crippen molar-refractivity contribution in [1.29, 1.82) is 0 Å². The van der Waals surface area contributed by atoms with E-state index >= 15 is 0 Å². The molecule has 0 atom stereocenters. The second-order valence-corrected chi connectivity index (χ2v) is 8.33. The monoisotopic (exact) mass is 440 g/mol. The first kappa shape index (κ1) is 22.7. The topological polar surface area (TPSA) is 78.3 Å². The van der Waals surface area contributed by atoms with E-state index in [2.05, 4.69) is 29.4 Å². The molecule has 0 spiro atoms. The van der Waals surface area contributed by atoms with E-state index in [9.17, 15) is 4.79 Å². The molecule has 1 heterocycles. The number of carbonyl (C=O) groups excluding carboxylic acids is 1. The van der Waals surface area contributed by atoms with Crippen molar-refractivity contribution in [3.05, 3.63) is 65.5 Å². The molecule has 8 heteroatoms. The van der Waals surface area contributed by atoms with Gasteiger partial charge in [-0.1, -0.05) is 49.9 Å².